The first-order chi connectivity index (χ1) is 19.5. The first-order valence-electron chi connectivity index (χ1n) is 12.9. The highest BCUT2D eigenvalue weighted by Gasteiger charge is 2.40. The van der Waals surface area contributed by atoms with Gasteiger partial charge < -0.3 is 24.8 Å². The SMILES string of the molecule is CN1C(=O)CC2CN(C(=O)CCOC[C@](C)([SiH3])Nc3cn[nH]c(=O)c3C(F)(F)F)CCN2c2ncc(C(F)(F)F)cc21. The number of amides is 2. The standard InChI is InChI=1S/C24H29F6N7O4Si/c1-22(42,33-15-10-32-34-21(40)19(15)24(28,29)30)12-41-6-3-17(38)36-4-5-37-14(11-36)8-18(39)35(2)16-7-13(23(25,26)27)9-31-20(16)37/h7,9-10,14H,3-6,8,11-12H2,1-2,42H3,(H2,33,34,40)/t14?,22-/m0/s1. The second-order valence-electron chi connectivity index (χ2n) is 10.7. The zero-order chi connectivity index (χ0) is 31.0. The number of nitrogens with one attached hydrogen (secondary N) is 2. The van der Waals surface area contributed by atoms with Crippen LogP contribution in [0.5, 0.6) is 0 Å². The van der Waals surface area contributed by atoms with Crippen LogP contribution in [-0.2, 0) is 26.7 Å². The third-order valence-corrected chi connectivity index (χ3v) is 7.50. The maximum Gasteiger partial charge on any atom is 0.423 e. The fourth-order valence-corrected chi connectivity index (χ4v) is 5.37. The van der Waals surface area contributed by atoms with Crippen LogP contribution >= 0.6 is 0 Å². The summed E-state index contributed by atoms with van der Waals surface area (Å²) in [5.74, 6) is -0.452. The summed E-state index contributed by atoms with van der Waals surface area (Å²) in [4.78, 5) is 45.9. The molecule has 1 fully saturated rings. The van der Waals surface area contributed by atoms with E-state index in [0.717, 1.165) is 23.4 Å². The molecule has 1 unspecified atom stereocenters. The van der Waals surface area contributed by atoms with Gasteiger partial charge in [-0.25, -0.2) is 10.1 Å². The number of nitrogens with zero attached hydrogens (tertiary/aromatic N) is 5. The molecule has 0 saturated carbocycles. The van der Waals surface area contributed by atoms with E-state index in [9.17, 15) is 40.7 Å². The molecule has 42 heavy (non-hydrogen) atoms. The molecule has 2 aliphatic heterocycles. The summed E-state index contributed by atoms with van der Waals surface area (Å²) in [6.07, 6.45) is -7.98. The lowest BCUT2D eigenvalue weighted by Gasteiger charge is -2.41. The van der Waals surface area contributed by atoms with E-state index in [1.54, 1.807) is 21.8 Å². The van der Waals surface area contributed by atoms with Crippen molar-refractivity contribution in [3.05, 3.63) is 39.9 Å². The minimum Gasteiger partial charge on any atom is -0.379 e. The maximum atomic E-state index is 13.3. The minimum absolute atomic E-state index is 0.0317. The van der Waals surface area contributed by atoms with Gasteiger partial charge in [-0.2, -0.15) is 31.4 Å². The molecule has 0 spiro atoms. The molecule has 0 aliphatic carbocycles. The zero-order valence-electron chi connectivity index (χ0n) is 22.9. The normalized spacial score (nSPS) is 19.2. The second kappa shape index (κ2) is 11.5. The van der Waals surface area contributed by atoms with Crippen LogP contribution in [0.1, 0.15) is 30.9 Å². The Hall–Kier alpha value is -3.67. The Kier molecular flexibility index (Phi) is 8.59. The van der Waals surface area contributed by atoms with Crippen LogP contribution in [-0.4, -0.2) is 93.2 Å². The Bertz CT molecular complexity index is 1400. The van der Waals surface area contributed by atoms with E-state index in [1.807, 2.05) is 0 Å². The van der Waals surface area contributed by atoms with E-state index >= 15 is 0 Å². The molecule has 0 bridgehead atoms. The predicted molar refractivity (Wildman–Crippen MR) is 142 cm³/mol. The molecule has 1 saturated heterocycles. The summed E-state index contributed by atoms with van der Waals surface area (Å²) in [6.45, 7) is 2.18. The van der Waals surface area contributed by atoms with Crippen molar-refractivity contribution in [2.75, 3.05) is 55.0 Å². The summed E-state index contributed by atoms with van der Waals surface area (Å²) < 4.78 is 85.4. The molecule has 0 aromatic carbocycles. The number of ether oxygens (including phenoxy) is 1. The van der Waals surface area contributed by atoms with Gasteiger partial charge in [0.2, 0.25) is 11.8 Å². The van der Waals surface area contributed by atoms with Gasteiger partial charge >= 0.3 is 12.4 Å². The molecule has 2 atom stereocenters. The first kappa shape index (κ1) is 31.3. The minimum atomic E-state index is -4.89. The number of piperazine rings is 1. The lowest BCUT2D eigenvalue weighted by Crippen LogP contribution is -2.55. The van der Waals surface area contributed by atoms with Crippen molar-refractivity contribution in [2.45, 2.75) is 43.3 Å². The molecule has 2 amide bonds. The predicted octanol–water partition coefficient (Wildman–Crippen LogP) is 1.19. The number of carbonyl (C=O) groups excluding carboxylic acids is 2. The molecule has 2 N–H and O–H groups in total. The van der Waals surface area contributed by atoms with Gasteiger partial charge in [0.25, 0.3) is 5.56 Å². The third-order valence-electron chi connectivity index (χ3n) is 6.96. The van der Waals surface area contributed by atoms with E-state index in [0.29, 0.717) is 10.2 Å². The number of halogens is 6. The number of fused-ring (bicyclic) bond motifs is 3. The first-order valence-corrected chi connectivity index (χ1v) is 13.9. The highest BCUT2D eigenvalue weighted by molar-refractivity contribution is 6.16. The lowest BCUT2D eigenvalue weighted by molar-refractivity contribution is -0.138. The topological polar surface area (TPSA) is 124 Å². The van der Waals surface area contributed by atoms with Crippen molar-refractivity contribution < 1.29 is 40.7 Å². The Morgan fingerprint density at radius 2 is 1.88 bits per heavy atom. The quantitative estimate of drug-likeness (QED) is 0.269. The van der Waals surface area contributed by atoms with Crippen LogP contribution in [0, 0.1) is 0 Å². The Labute approximate surface area is 238 Å². The molecule has 230 valence electrons. The van der Waals surface area contributed by atoms with Gasteiger partial charge in [-0.15, -0.1) is 0 Å². The van der Waals surface area contributed by atoms with Crippen LogP contribution in [0.15, 0.2) is 23.3 Å². The Balaban J connectivity index is 1.34. The van der Waals surface area contributed by atoms with Gasteiger partial charge in [-0.1, -0.05) is 0 Å². The molecule has 4 heterocycles. The Morgan fingerprint density at radius 3 is 2.55 bits per heavy atom. The van der Waals surface area contributed by atoms with Crippen LogP contribution in [0.2, 0.25) is 0 Å². The van der Waals surface area contributed by atoms with E-state index in [2.05, 4.69) is 15.4 Å². The van der Waals surface area contributed by atoms with Gasteiger partial charge in [0.15, 0.2) is 5.82 Å². The van der Waals surface area contributed by atoms with Crippen LogP contribution in [0.4, 0.5) is 43.5 Å². The fraction of sp³-hybridized carbons (Fsp3) is 0.542. The van der Waals surface area contributed by atoms with E-state index in [4.69, 9.17) is 4.74 Å². The molecule has 2 aliphatic rings. The molecule has 2 aromatic rings. The van der Waals surface area contributed by atoms with Crippen LogP contribution < -0.4 is 20.7 Å². The number of H-pyrrole nitrogens is 1. The number of carbonyl (C=O) groups is 2. The summed E-state index contributed by atoms with van der Waals surface area (Å²) in [5, 5.41) is 6.95. The summed E-state index contributed by atoms with van der Waals surface area (Å²) in [6, 6.07) is 0.399. The summed E-state index contributed by atoms with van der Waals surface area (Å²) in [5.41, 5.74) is -4.16. The number of rotatable bonds is 7. The van der Waals surface area contributed by atoms with Crippen molar-refractivity contribution in [2.24, 2.45) is 0 Å². The number of hydrogen-bond donors (Lipinski definition) is 2. The molecule has 11 nitrogen and oxygen atoms in total. The number of aromatic amines is 1. The van der Waals surface area contributed by atoms with Crippen LogP contribution in [0.3, 0.4) is 0 Å². The van der Waals surface area contributed by atoms with E-state index < -0.39 is 51.8 Å². The van der Waals surface area contributed by atoms with Crippen molar-refractivity contribution in [1.82, 2.24) is 20.1 Å². The largest absolute Gasteiger partial charge is 0.423 e. The number of alkyl halides is 6. The van der Waals surface area contributed by atoms with Crippen LogP contribution in [0.25, 0.3) is 0 Å². The smallest absolute Gasteiger partial charge is 0.379 e. The van der Waals surface area contributed by atoms with Gasteiger partial charge in [-0.3, -0.25) is 14.4 Å². The van der Waals surface area contributed by atoms with Gasteiger partial charge in [0, 0.05) is 54.7 Å². The maximum absolute atomic E-state index is 13.3. The molecule has 4 rings (SSSR count). The van der Waals surface area contributed by atoms with Gasteiger partial charge in [0.1, 0.15) is 5.56 Å². The number of hydrogen-bond acceptors (Lipinski definition) is 8. The molecule has 0 radical (unpaired) electrons. The van der Waals surface area contributed by atoms with Crippen molar-refractivity contribution in [1.29, 1.82) is 0 Å². The number of anilines is 3. The van der Waals surface area contributed by atoms with Gasteiger partial charge in [0.05, 0.1) is 48.8 Å². The van der Waals surface area contributed by atoms with Crippen molar-refractivity contribution >= 4 is 39.2 Å². The molecular weight excluding hydrogens is 592 g/mol. The summed E-state index contributed by atoms with van der Waals surface area (Å²) in [7, 11) is 1.70. The molecule has 18 heteroatoms. The van der Waals surface area contributed by atoms with E-state index in [-0.39, 0.29) is 63.1 Å². The van der Waals surface area contributed by atoms with Crippen molar-refractivity contribution in [3.8, 4) is 0 Å². The molecule has 2 aromatic heterocycles. The Morgan fingerprint density at radius 1 is 1.17 bits per heavy atom. The highest BCUT2D eigenvalue weighted by atomic mass is 28.1. The second-order valence-corrected chi connectivity index (χ2v) is 12.9. The van der Waals surface area contributed by atoms with Crippen molar-refractivity contribution in [3.63, 3.8) is 0 Å². The zero-order valence-corrected chi connectivity index (χ0v) is 24.9. The average Bonchev–Trinajstić information content (AvgIpc) is 2.98. The number of aromatic nitrogens is 3. The summed E-state index contributed by atoms with van der Waals surface area (Å²) >= 11 is 0. The monoisotopic (exact) mass is 621 g/mol. The lowest BCUT2D eigenvalue weighted by atomic mass is 10.1. The highest BCUT2D eigenvalue weighted by Crippen LogP contribution is 2.39. The fourth-order valence-electron chi connectivity index (χ4n) is 4.90. The van der Waals surface area contributed by atoms with Gasteiger partial charge in [-0.05, 0) is 13.0 Å². The third kappa shape index (κ3) is 6.85. The molecular formula is C24H29F6N7O4Si. The van der Waals surface area contributed by atoms with E-state index in [1.165, 1.54) is 7.05 Å². The number of pyridine rings is 1. The average molecular weight is 622 g/mol.